The maximum Gasteiger partial charge on any atom is 0.0487 e. The van der Waals surface area contributed by atoms with Gasteiger partial charge in [0.1, 0.15) is 0 Å². The van der Waals surface area contributed by atoms with Crippen LogP contribution in [0.25, 0.3) is 0 Å². The van der Waals surface area contributed by atoms with Gasteiger partial charge in [-0.25, -0.2) is 0 Å². The Morgan fingerprint density at radius 2 is 1.50 bits per heavy atom. The maximum atomic E-state index is 6.45. The van der Waals surface area contributed by atoms with Crippen molar-refractivity contribution >= 4 is 5.69 Å². The van der Waals surface area contributed by atoms with Crippen LogP contribution in [0.15, 0.2) is 6.20 Å². The van der Waals surface area contributed by atoms with Gasteiger partial charge in [-0.05, 0) is 22.3 Å². The van der Waals surface area contributed by atoms with Gasteiger partial charge >= 0.3 is 0 Å². The molecule has 0 fully saturated rings. The zero-order valence-electron chi connectivity index (χ0n) is 13.2. The second-order valence-electron chi connectivity index (χ2n) is 7.50. The Labute approximate surface area is 112 Å². The summed E-state index contributed by atoms with van der Waals surface area (Å²) in [5.41, 5.74) is 10.9. The Hall–Kier alpha value is -1.05. The molecule has 2 nitrogen and oxygen atoms in total. The Bertz CT molecular complexity index is 432. The summed E-state index contributed by atoms with van der Waals surface area (Å²) >= 11 is 0. The van der Waals surface area contributed by atoms with Crippen LogP contribution in [0.2, 0.25) is 0 Å². The van der Waals surface area contributed by atoms with E-state index >= 15 is 0 Å². The Morgan fingerprint density at radius 1 is 1.00 bits per heavy atom. The highest BCUT2D eigenvalue weighted by Gasteiger charge is 2.28. The van der Waals surface area contributed by atoms with Crippen molar-refractivity contribution in [2.75, 3.05) is 5.73 Å². The zero-order chi connectivity index (χ0) is 14.3. The first-order valence-electron chi connectivity index (χ1n) is 6.75. The highest BCUT2D eigenvalue weighted by molar-refractivity contribution is 5.60. The molecular formula is C16H28N2. The second-order valence-corrected chi connectivity index (χ2v) is 7.50. The maximum absolute atomic E-state index is 6.45. The lowest BCUT2D eigenvalue weighted by Gasteiger charge is -2.30. The minimum atomic E-state index is 0.0257. The van der Waals surface area contributed by atoms with Crippen LogP contribution >= 0.6 is 0 Å². The van der Waals surface area contributed by atoms with E-state index in [0.717, 1.165) is 16.9 Å². The molecule has 2 N–H and O–H groups in total. The molecule has 1 aromatic heterocycles. The van der Waals surface area contributed by atoms with E-state index in [4.69, 9.17) is 10.7 Å². The van der Waals surface area contributed by atoms with E-state index < -0.39 is 0 Å². The number of nitrogens with zero attached hydrogens (tertiary/aromatic N) is 1. The molecule has 0 saturated heterocycles. The van der Waals surface area contributed by atoms with Gasteiger partial charge < -0.3 is 5.73 Å². The molecule has 0 amide bonds. The van der Waals surface area contributed by atoms with Crippen molar-refractivity contribution in [1.82, 2.24) is 4.98 Å². The van der Waals surface area contributed by atoms with Gasteiger partial charge in [-0.2, -0.15) is 0 Å². The number of aromatic nitrogens is 1. The van der Waals surface area contributed by atoms with Gasteiger partial charge in [-0.15, -0.1) is 0 Å². The molecule has 0 aromatic carbocycles. The molecule has 0 atom stereocenters. The molecule has 0 bridgehead atoms. The van der Waals surface area contributed by atoms with Crippen LogP contribution in [-0.2, 0) is 10.8 Å². The molecule has 0 radical (unpaired) electrons. The van der Waals surface area contributed by atoms with Crippen molar-refractivity contribution in [3.8, 4) is 0 Å². The van der Waals surface area contributed by atoms with Gasteiger partial charge in [0, 0.05) is 23.1 Å². The van der Waals surface area contributed by atoms with Gasteiger partial charge in [0.2, 0.25) is 0 Å². The molecule has 102 valence electrons. The van der Waals surface area contributed by atoms with Gasteiger partial charge in [-0.3, -0.25) is 4.98 Å². The Balaban J connectivity index is 3.61. The molecule has 2 heteroatoms. The standard InChI is InChI=1S/C16H28N2/c1-10(2)14-12(16(6,7)8)13(17)11(9-18-14)15(3,4)5/h9-10H,1-8H3,(H2,17,18). The highest BCUT2D eigenvalue weighted by atomic mass is 14.7. The Morgan fingerprint density at radius 3 is 1.83 bits per heavy atom. The SMILES string of the molecule is CC(C)c1ncc(C(C)(C)C)c(N)c1C(C)(C)C. The molecule has 0 spiro atoms. The quantitative estimate of drug-likeness (QED) is 0.801. The van der Waals surface area contributed by atoms with Gasteiger partial charge in [0.15, 0.2) is 0 Å². The van der Waals surface area contributed by atoms with Crippen molar-refractivity contribution in [3.05, 3.63) is 23.0 Å². The lowest BCUT2D eigenvalue weighted by Crippen LogP contribution is -2.23. The van der Waals surface area contributed by atoms with Gasteiger partial charge in [0.25, 0.3) is 0 Å². The average molecular weight is 248 g/mol. The largest absolute Gasteiger partial charge is 0.398 e. The number of hydrogen-bond donors (Lipinski definition) is 1. The Kier molecular flexibility index (Phi) is 3.81. The van der Waals surface area contributed by atoms with E-state index in [1.807, 2.05) is 6.20 Å². The van der Waals surface area contributed by atoms with E-state index in [-0.39, 0.29) is 10.8 Å². The number of anilines is 1. The predicted molar refractivity (Wildman–Crippen MR) is 80.1 cm³/mol. The fourth-order valence-corrected chi connectivity index (χ4v) is 2.36. The number of pyridine rings is 1. The summed E-state index contributed by atoms with van der Waals surface area (Å²) in [7, 11) is 0. The third kappa shape index (κ3) is 2.85. The molecular weight excluding hydrogens is 220 g/mol. The second kappa shape index (κ2) is 4.56. The van der Waals surface area contributed by atoms with Crippen LogP contribution in [0.4, 0.5) is 5.69 Å². The lowest BCUT2D eigenvalue weighted by atomic mass is 9.77. The summed E-state index contributed by atoms with van der Waals surface area (Å²) in [6.07, 6.45) is 1.96. The first kappa shape index (κ1) is 15.0. The van der Waals surface area contributed by atoms with E-state index in [1.165, 1.54) is 5.56 Å². The minimum absolute atomic E-state index is 0.0257. The van der Waals surface area contributed by atoms with Crippen molar-refractivity contribution < 1.29 is 0 Å². The fourth-order valence-electron chi connectivity index (χ4n) is 2.36. The monoisotopic (exact) mass is 248 g/mol. The van der Waals surface area contributed by atoms with Crippen LogP contribution in [0.5, 0.6) is 0 Å². The first-order valence-corrected chi connectivity index (χ1v) is 6.75. The van der Waals surface area contributed by atoms with E-state index in [2.05, 4.69) is 55.4 Å². The number of rotatable bonds is 1. The van der Waals surface area contributed by atoms with Crippen LogP contribution in [0.1, 0.15) is 78.1 Å². The highest BCUT2D eigenvalue weighted by Crippen LogP contribution is 2.38. The van der Waals surface area contributed by atoms with Crippen LogP contribution < -0.4 is 5.73 Å². The van der Waals surface area contributed by atoms with Crippen LogP contribution in [-0.4, -0.2) is 4.98 Å². The number of nitrogen functional groups attached to an aromatic ring is 1. The van der Waals surface area contributed by atoms with E-state index in [9.17, 15) is 0 Å². The molecule has 18 heavy (non-hydrogen) atoms. The summed E-state index contributed by atoms with van der Waals surface area (Å²) in [4.78, 5) is 4.69. The topological polar surface area (TPSA) is 38.9 Å². The number of nitrogens with two attached hydrogens (primary N) is 1. The third-order valence-corrected chi connectivity index (χ3v) is 3.25. The number of hydrogen-bond acceptors (Lipinski definition) is 2. The molecule has 0 aliphatic carbocycles. The molecule has 1 heterocycles. The summed E-state index contributed by atoms with van der Waals surface area (Å²) in [6, 6.07) is 0. The van der Waals surface area contributed by atoms with Crippen LogP contribution in [0, 0.1) is 0 Å². The minimum Gasteiger partial charge on any atom is -0.398 e. The summed E-state index contributed by atoms with van der Waals surface area (Å²) in [5.74, 6) is 0.399. The summed E-state index contributed by atoms with van der Waals surface area (Å²) < 4.78 is 0. The van der Waals surface area contributed by atoms with E-state index in [1.54, 1.807) is 0 Å². The summed E-state index contributed by atoms with van der Waals surface area (Å²) in [6.45, 7) is 17.5. The van der Waals surface area contributed by atoms with E-state index in [0.29, 0.717) is 5.92 Å². The normalized spacial score (nSPS) is 13.2. The first-order chi connectivity index (χ1) is 7.96. The van der Waals surface area contributed by atoms with Crippen molar-refractivity contribution in [2.24, 2.45) is 0 Å². The van der Waals surface area contributed by atoms with Crippen molar-refractivity contribution in [3.63, 3.8) is 0 Å². The summed E-state index contributed by atoms with van der Waals surface area (Å²) in [5, 5.41) is 0. The molecule has 0 aliphatic heterocycles. The lowest BCUT2D eigenvalue weighted by molar-refractivity contribution is 0.555. The molecule has 0 unspecified atom stereocenters. The average Bonchev–Trinajstić information content (AvgIpc) is 2.12. The zero-order valence-corrected chi connectivity index (χ0v) is 13.2. The van der Waals surface area contributed by atoms with Crippen LogP contribution in [0.3, 0.4) is 0 Å². The predicted octanol–water partition coefficient (Wildman–Crippen LogP) is 4.38. The van der Waals surface area contributed by atoms with Crippen molar-refractivity contribution in [1.29, 1.82) is 0 Å². The fraction of sp³-hybridized carbons (Fsp3) is 0.688. The van der Waals surface area contributed by atoms with Crippen molar-refractivity contribution in [2.45, 2.75) is 72.1 Å². The van der Waals surface area contributed by atoms with Gasteiger partial charge in [0.05, 0.1) is 0 Å². The third-order valence-electron chi connectivity index (χ3n) is 3.25. The molecule has 1 aromatic rings. The smallest absolute Gasteiger partial charge is 0.0487 e. The molecule has 1 rings (SSSR count). The molecule has 0 aliphatic rings. The molecule has 0 saturated carbocycles. The van der Waals surface area contributed by atoms with Gasteiger partial charge in [-0.1, -0.05) is 55.4 Å².